The first-order valence-corrected chi connectivity index (χ1v) is 8.79. The summed E-state index contributed by atoms with van der Waals surface area (Å²) >= 11 is 1.15. The van der Waals surface area contributed by atoms with Crippen LogP contribution >= 0.6 is 11.8 Å². The standard InChI is InChI=1S/C16H18F3N3OS/c1-3-9-7-22(2)13(16(17,18)19)11(9)8-24-15-20-12-6-4-5-10(12)14(23)21-15/h7H,3-6,8H2,1-2H3,(H,20,21,23). The SMILES string of the molecule is CCc1cn(C)c(C(F)(F)F)c1CSc1nc2c(c(=O)[nH]1)CCC2. The van der Waals surface area contributed by atoms with Crippen LogP contribution in [0.25, 0.3) is 0 Å². The molecule has 24 heavy (non-hydrogen) atoms. The van der Waals surface area contributed by atoms with Gasteiger partial charge < -0.3 is 9.55 Å². The van der Waals surface area contributed by atoms with Gasteiger partial charge >= 0.3 is 6.18 Å². The van der Waals surface area contributed by atoms with Gasteiger partial charge in [0.05, 0.1) is 5.69 Å². The van der Waals surface area contributed by atoms with Crippen LogP contribution in [-0.2, 0) is 38.2 Å². The zero-order valence-electron chi connectivity index (χ0n) is 13.5. The Morgan fingerprint density at radius 2 is 2.12 bits per heavy atom. The third-order valence-corrected chi connectivity index (χ3v) is 5.20. The van der Waals surface area contributed by atoms with Crippen molar-refractivity contribution in [2.24, 2.45) is 7.05 Å². The molecule has 0 saturated carbocycles. The molecule has 2 aromatic heterocycles. The fourth-order valence-corrected chi connectivity index (χ4v) is 4.15. The number of nitrogens with one attached hydrogen (secondary N) is 1. The van der Waals surface area contributed by atoms with E-state index in [2.05, 4.69) is 9.97 Å². The number of aromatic nitrogens is 3. The Labute approximate surface area is 141 Å². The molecule has 0 bridgehead atoms. The number of rotatable bonds is 4. The number of halogens is 3. The molecule has 0 unspecified atom stereocenters. The topological polar surface area (TPSA) is 50.7 Å². The first kappa shape index (κ1) is 17.1. The second-order valence-electron chi connectivity index (χ2n) is 5.88. The fourth-order valence-electron chi connectivity index (χ4n) is 3.21. The minimum atomic E-state index is -4.41. The quantitative estimate of drug-likeness (QED) is 0.673. The summed E-state index contributed by atoms with van der Waals surface area (Å²) in [5.41, 5.74) is 1.63. The van der Waals surface area contributed by atoms with Crippen LogP contribution in [0.2, 0.25) is 0 Å². The molecule has 0 aromatic carbocycles. The third kappa shape index (κ3) is 3.11. The first-order chi connectivity index (χ1) is 11.3. The molecule has 3 rings (SSSR count). The minimum absolute atomic E-state index is 0.126. The van der Waals surface area contributed by atoms with E-state index < -0.39 is 11.9 Å². The van der Waals surface area contributed by atoms with Gasteiger partial charge in [-0.2, -0.15) is 13.2 Å². The fraction of sp³-hybridized carbons (Fsp3) is 0.500. The number of nitrogens with zero attached hydrogens (tertiary/aromatic N) is 2. The van der Waals surface area contributed by atoms with E-state index in [1.54, 1.807) is 0 Å². The number of H-pyrrole nitrogens is 1. The average Bonchev–Trinajstić information content (AvgIpc) is 3.08. The van der Waals surface area contributed by atoms with Crippen molar-refractivity contribution in [1.29, 1.82) is 0 Å². The lowest BCUT2D eigenvalue weighted by atomic mass is 10.1. The Morgan fingerprint density at radius 1 is 1.38 bits per heavy atom. The van der Waals surface area contributed by atoms with Crippen LogP contribution in [0.1, 0.15) is 41.4 Å². The highest BCUT2D eigenvalue weighted by molar-refractivity contribution is 7.98. The monoisotopic (exact) mass is 357 g/mol. The molecular formula is C16H18F3N3OS. The Kier molecular flexibility index (Phi) is 4.50. The van der Waals surface area contributed by atoms with Crippen LogP contribution in [-0.4, -0.2) is 14.5 Å². The predicted octanol–water partition coefficient (Wildman–Crippen LogP) is 3.47. The van der Waals surface area contributed by atoms with Crippen molar-refractivity contribution >= 4 is 11.8 Å². The summed E-state index contributed by atoms with van der Waals surface area (Å²) in [5.74, 6) is 0.126. The van der Waals surface area contributed by atoms with Gasteiger partial charge in [-0.05, 0) is 36.8 Å². The molecule has 1 aliphatic rings. The van der Waals surface area contributed by atoms with Crippen LogP contribution in [0, 0.1) is 0 Å². The summed E-state index contributed by atoms with van der Waals surface area (Å²) in [4.78, 5) is 19.1. The largest absolute Gasteiger partial charge is 0.431 e. The van der Waals surface area contributed by atoms with E-state index in [1.165, 1.54) is 13.2 Å². The van der Waals surface area contributed by atoms with Gasteiger partial charge in [0.1, 0.15) is 5.69 Å². The smallest absolute Gasteiger partial charge is 0.347 e. The maximum absolute atomic E-state index is 13.3. The Morgan fingerprint density at radius 3 is 2.79 bits per heavy atom. The maximum Gasteiger partial charge on any atom is 0.431 e. The molecule has 4 nitrogen and oxygen atoms in total. The highest BCUT2D eigenvalue weighted by Crippen LogP contribution is 2.37. The van der Waals surface area contributed by atoms with Gasteiger partial charge in [-0.25, -0.2) is 4.98 Å². The van der Waals surface area contributed by atoms with Crippen molar-refractivity contribution in [3.8, 4) is 0 Å². The molecule has 1 aliphatic carbocycles. The normalized spacial score (nSPS) is 14.2. The number of hydrogen-bond acceptors (Lipinski definition) is 3. The van der Waals surface area contributed by atoms with Gasteiger partial charge in [0.2, 0.25) is 0 Å². The van der Waals surface area contributed by atoms with Crippen LogP contribution in [0.15, 0.2) is 16.1 Å². The van der Waals surface area contributed by atoms with Gasteiger partial charge in [-0.15, -0.1) is 0 Å². The second kappa shape index (κ2) is 6.31. The number of aromatic amines is 1. The van der Waals surface area contributed by atoms with Gasteiger partial charge in [-0.3, -0.25) is 4.79 Å². The highest BCUT2D eigenvalue weighted by Gasteiger charge is 2.37. The van der Waals surface area contributed by atoms with Crippen molar-refractivity contribution < 1.29 is 13.2 Å². The Hall–Kier alpha value is -1.70. The number of hydrogen-bond donors (Lipinski definition) is 1. The van der Waals surface area contributed by atoms with Crippen molar-refractivity contribution in [3.05, 3.63) is 44.6 Å². The number of fused-ring (bicyclic) bond motifs is 1. The van der Waals surface area contributed by atoms with Crippen LogP contribution in [0.3, 0.4) is 0 Å². The highest BCUT2D eigenvalue weighted by atomic mass is 32.2. The molecule has 1 N–H and O–H groups in total. The van der Waals surface area contributed by atoms with Gasteiger partial charge in [0.25, 0.3) is 5.56 Å². The minimum Gasteiger partial charge on any atom is -0.347 e. The second-order valence-corrected chi connectivity index (χ2v) is 6.85. The Balaban J connectivity index is 1.90. The summed E-state index contributed by atoms with van der Waals surface area (Å²) in [5, 5.41) is 0.389. The molecule has 2 heterocycles. The predicted molar refractivity (Wildman–Crippen MR) is 86.2 cm³/mol. The van der Waals surface area contributed by atoms with Gasteiger partial charge in [-0.1, -0.05) is 18.7 Å². The van der Waals surface area contributed by atoms with Crippen LogP contribution in [0.4, 0.5) is 13.2 Å². The van der Waals surface area contributed by atoms with E-state index in [9.17, 15) is 18.0 Å². The summed E-state index contributed by atoms with van der Waals surface area (Å²) in [6.07, 6.45) is 0.0183. The van der Waals surface area contributed by atoms with Crippen molar-refractivity contribution in [2.75, 3.05) is 0 Å². The van der Waals surface area contributed by atoms with E-state index in [1.807, 2.05) is 6.92 Å². The van der Waals surface area contributed by atoms with E-state index in [-0.39, 0.29) is 16.9 Å². The number of thioether (sulfide) groups is 1. The summed E-state index contributed by atoms with van der Waals surface area (Å²) < 4.78 is 41.1. The zero-order chi connectivity index (χ0) is 17.5. The van der Waals surface area contributed by atoms with E-state index in [4.69, 9.17) is 0 Å². The molecule has 0 aliphatic heterocycles. The first-order valence-electron chi connectivity index (χ1n) is 7.80. The van der Waals surface area contributed by atoms with Crippen LogP contribution in [0.5, 0.6) is 0 Å². The average molecular weight is 357 g/mol. The molecular weight excluding hydrogens is 339 g/mol. The Bertz CT molecular complexity index is 823. The molecule has 8 heteroatoms. The summed E-state index contributed by atoms with van der Waals surface area (Å²) in [6, 6.07) is 0. The van der Waals surface area contributed by atoms with E-state index >= 15 is 0 Å². The lowest BCUT2D eigenvalue weighted by molar-refractivity contribution is -0.143. The maximum atomic E-state index is 13.3. The lowest BCUT2D eigenvalue weighted by Gasteiger charge is -2.12. The third-order valence-electron chi connectivity index (χ3n) is 4.30. The number of alkyl halides is 3. The lowest BCUT2D eigenvalue weighted by Crippen LogP contribution is -2.15. The molecule has 2 aromatic rings. The zero-order valence-corrected chi connectivity index (χ0v) is 14.3. The van der Waals surface area contributed by atoms with Crippen molar-refractivity contribution in [2.45, 2.75) is 49.7 Å². The molecule has 0 saturated heterocycles. The molecule has 0 amide bonds. The van der Waals surface area contributed by atoms with Crippen molar-refractivity contribution in [3.63, 3.8) is 0 Å². The summed E-state index contributed by atoms with van der Waals surface area (Å²) in [7, 11) is 1.41. The van der Waals surface area contributed by atoms with Gasteiger partial charge in [0, 0.05) is 24.6 Å². The van der Waals surface area contributed by atoms with E-state index in [0.717, 1.165) is 41.3 Å². The van der Waals surface area contributed by atoms with Crippen LogP contribution < -0.4 is 5.56 Å². The molecule has 0 fully saturated rings. The van der Waals surface area contributed by atoms with E-state index in [0.29, 0.717) is 22.7 Å². The van der Waals surface area contributed by atoms with Gasteiger partial charge in [0.15, 0.2) is 5.16 Å². The molecule has 130 valence electrons. The molecule has 0 spiro atoms. The molecule has 0 atom stereocenters. The summed E-state index contributed by atoms with van der Waals surface area (Å²) in [6.45, 7) is 1.83. The van der Waals surface area contributed by atoms with Crippen molar-refractivity contribution in [1.82, 2.24) is 14.5 Å². The number of aryl methyl sites for hydroxylation is 3. The molecule has 0 radical (unpaired) electrons.